The summed E-state index contributed by atoms with van der Waals surface area (Å²) in [6, 6.07) is 7.11. The molecule has 0 saturated heterocycles. The lowest BCUT2D eigenvalue weighted by atomic mass is 9.83. The summed E-state index contributed by atoms with van der Waals surface area (Å²) in [5.41, 5.74) is 0.432. The van der Waals surface area contributed by atoms with Crippen LogP contribution in [0.4, 0.5) is 0 Å². The molecule has 2 unspecified atom stereocenters. The van der Waals surface area contributed by atoms with Gasteiger partial charge in [0, 0.05) is 6.54 Å². The number of hydrogen-bond acceptors (Lipinski definition) is 4. The third-order valence-electron chi connectivity index (χ3n) is 4.99. The maximum atomic E-state index is 12.4. The molecule has 1 aromatic carbocycles. The Kier molecular flexibility index (Phi) is 5.81. The zero-order chi connectivity index (χ0) is 17.6. The molecule has 6 heteroatoms. The van der Waals surface area contributed by atoms with E-state index in [1.165, 1.54) is 17.3 Å². The van der Waals surface area contributed by atoms with Crippen LogP contribution in [0, 0.1) is 5.92 Å². The first kappa shape index (κ1) is 17.6. The minimum Gasteiger partial charge on any atom is -0.393 e. The fourth-order valence-corrected chi connectivity index (χ4v) is 3.55. The van der Waals surface area contributed by atoms with Crippen molar-refractivity contribution in [3.63, 3.8) is 0 Å². The van der Waals surface area contributed by atoms with Crippen molar-refractivity contribution in [1.29, 1.82) is 0 Å². The van der Waals surface area contributed by atoms with Crippen LogP contribution in [0.25, 0.3) is 10.9 Å². The van der Waals surface area contributed by atoms with Gasteiger partial charge in [0.2, 0.25) is 5.91 Å². The number of nitrogens with one attached hydrogen (secondary N) is 1. The second-order valence-corrected chi connectivity index (χ2v) is 6.80. The van der Waals surface area contributed by atoms with E-state index in [4.69, 9.17) is 0 Å². The van der Waals surface area contributed by atoms with Crippen molar-refractivity contribution in [2.24, 2.45) is 5.92 Å². The van der Waals surface area contributed by atoms with Crippen molar-refractivity contribution in [3.8, 4) is 0 Å². The van der Waals surface area contributed by atoms with Crippen LogP contribution in [-0.2, 0) is 11.3 Å². The molecule has 25 heavy (non-hydrogen) atoms. The SMILES string of the molecule is O=C(Cn1cnc2ccccc2c1=O)NCCCC1CCCCC1O. The molecule has 6 nitrogen and oxygen atoms in total. The molecule has 134 valence electrons. The van der Waals surface area contributed by atoms with Crippen LogP contribution in [0.3, 0.4) is 0 Å². The quantitative estimate of drug-likeness (QED) is 0.784. The molecule has 1 aromatic heterocycles. The fraction of sp³-hybridized carbons (Fsp3) is 0.526. The number of nitrogens with zero attached hydrogens (tertiary/aromatic N) is 2. The molecule has 2 aromatic rings. The first-order valence-corrected chi connectivity index (χ1v) is 9.04. The maximum absolute atomic E-state index is 12.4. The standard InChI is InChI=1S/C19H25N3O3/c23-17-10-4-1-6-14(17)7-5-11-20-18(24)12-22-13-21-16-9-3-2-8-15(16)19(22)25/h2-3,8-9,13-14,17,23H,1,4-7,10-12H2,(H,20,24). The van der Waals surface area contributed by atoms with Gasteiger partial charge in [-0.3, -0.25) is 14.2 Å². The lowest BCUT2D eigenvalue weighted by Crippen LogP contribution is -2.33. The average molecular weight is 343 g/mol. The number of carbonyl (C=O) groups is 1. The Hall–Kier alpha value is -2.21. The highest BCUT2D eigenvalue weighted by Gasteiger charge is 2.22. The van der Waals surface area contributed by atoms with Crippen LogP contribution in [-0.4, -0.2) is 33.2 Å². The Labute approximate surface area is 146 Å². The Bertz CT molecular complexity index is 787. The molecule has 2 atom stereocenters. The van der Waals surface area contributed by atoms with E-state index in [2.05, 4.69) is 10.3 Å². The molecule has 1 saturated carbocycles. The summed E-state index contributed by atoms with van der Waals surface area (Å²) < 4.78 is 1.34. The number of fused-ring (bicyclic) bond motifs is 1. The second-order valence-electron chi connectivity index (χ2n) is 6.80. The van der Waals surface area contributed by atoms with Crippen molar-refractivity contribution in [2.75, 3.05) is 6.54 Å². The number of aromatic nitrogens is 2. The summed E-state index contributed by atoms with van der Waals surface area (Å²) in [7, 11) is 0. The largest absolute Gasteiger partial charge is 0.393 e. The Morgan fingerprint density at radius 3 is 2.92 bits per heavy atom. The van der Waals surface area contributed by atoms with E-state index in [9.17, 15) is 14.7 Å². The second kappa shape index (κ2) is 8.25. The number of aliphatic hydroxyl groups is 1. The number of aliphatic hydroxyl groups excluding tert-OH is 1. The molecule has 3 rings (SSSR count). The number of carbonyl (C=O) groups excluding carboxylic acids is 1. The molecule has 1 heterocycles. The lowest BCUT2D eigenvalue weighted by molar-refractivity contribution is -0.121. The molecule has 1 aliphatic rings. The van der Waals surface area contributed by atoms with E-state index in [1.54, 1.807) is 18.2 Å². The Balaban J connectivity index is 1.48. The summed E-state index contributed by atoms with van der Waals surface area (Å²) in [5, 5.41) is 13.3. The third kappa shape index (κ3) is 4.45. The van der Waals surface area contributed by atoms with Gasteiger partial charge in [0.1, 0.15) is 6.54 Å². The van der Waals surface area contributed by atoms with Crippen molar-refractivity contribution >= 4 is 16.8 Å². The minimum atomic E-state index is -0.203. The summed E-state index contributed by atoms with van der Waals surface area (Å²) in [6.07, 6.45) is 7.28. The molecule has 1 aliphatic carbocycles. The molecule has 0 radical (unpaired) electrons. The highest BCUT2D eigenvalue weighted by atomic mass is 16.3. The molecule has 1 amide bonds. The molecule has 0 spiro atoms. The maximum Gasteiger partial charge on any atom is 0.261 e. The molecule has 1 fully saturated rings. The van der Waals surface area contributed by atoms with Crippen LogP contribution in [0.2, 0.25) is 0 Å². The normalized spacial score (nSPS) is 20.5. The monoisotopic (exact) mass is 343 g/mol. The van der Waals surface area contributed by atoms with E-state index in [0.717, 1.165) is 32.1 Å². The van der Waals surface area contributed by atoms with Gasteiger partial charge in [0.15, 0.2) is 0 Å². The number of para-hydroxylation sites is 1. The van der Waals surface area contributed by atoms with Gasteiger partial charge in [-0.25, -0.2) is 4.98 Å². The zero-order valence-electron chi connectivity index (χ0n) is 14.4. The number of amides is 1. The summed E-state index contributed by atoms with van der Waals surface area (Å²) >= 11 is 0. The molecular weight excluding hydrogens is 318 g/mol. The first-order chi connectivity index (χ1) is 12.1. The number of rotatable bonds is 6. The van der Waals surface area contributed by atoms with Gasteiger partial charge in [0.25, 0.3) is 5.56 Å². The molecule has 0 bridgehead atoms. The molecular formula is C19H25N3O3. The van der Waals surface area contributed by atoms with E-state index < -0.39 is 0 Å². The first-order valence-electron chi connectivity index (χ1n) is 9.04. The fourth-order valence-electron chi connectivity index (χ4n) is 3.55. The average Bonchev–Trinajstić information content (AvgIpc) is 2.63. The van der Waals surface area contributed by atoms with Gasteiger partial charge in [0.05, 0.1) is 23.3 Å². The summed E-state index contributed by atoms with van der Waals surface area (Å²) in [6.45, 7) is 0.542. The van der Waals surface area contributed by atoms with Gasteiger partial charge in [-0.2, -0.15) is 0 Å². The van der Waals surface area contributed by atoms with E-state index in [1.807, 2.05) is 6.07 Å². The summed E-state index contributed by atoms with van der Waals surface area (Å²) in [5.74, 6) is 0.168. The van der Waals surface area contributed by atoms with E-state index >= 15 is 0 Å². The highest BCUT2D eigenvalue weighted by Crippen LogP contribution is 2.27. The van der Waals surface area contributed by atoms with Crippen LogP contribution < -0.4 is 10.9 Å². The van der Waals surface area contributed by atoms with Crippen molar-refractivity contribution < 1.29 is 9.90 Å². The van der Waals surface area contributed by atoms with Crippen LogP contribution in [0.1, 0.15) is 38.5 Å². The lowest BCUT2D eigenvalue weighted by Gasteiger charge is -2.27. The zero-order valence-corrected chi connectivity index (χ0v) is 14.4. The van der Waals surface area contributed by atoms with Crippen LogP contribution in [0.15, 0.2) is 35.4 Å². The number of benzene rings is 1. The predicted molar refractivity (Wildman–Crippen MR) is 96.2 cm³/mol. The van der Waals surface area contributed by atoms with Gasteiger partial charge >= 0.3 is 0 Å². The molecule has 0 aliphatic heterocycles. The third-order valence-corrected chi connectivity index (χ3v) is 4.99. The summed E-state index contributed by atoms with van der Waals surface area (Å²) in [4.78, 5) is 28.6. The highest BCUT2D eigenvalue weighted by molar-refractivity contribution is 5.78. The van der Waals surface area contributed by atoms with Gasteiger partial charge < -0.3 is 10.4 Å². The smallest absolute Gasteiger partial charge is 0.261 e. The Morgan fingerprint density at radius 2 is 2.08 bits per heavy atom. The van der Waals surface area contributed by atoms with E-state index in [-0.39, 0.29) is 24.1 Å². The van der Waals surface area contributed by atoms with Crippen molar-refractivity contribution in [2.45, 2.75) is 51.2 Å². The molecule has 2 N–H and O–H groups in total. The topological polar surface area (TPSA) is 84.2 Å². The van der Waals surface area contributed by atoms with Gasteiger partial charge in [-0.05, 0) is 43.7 Å². The Morgan fingerprint density at radius 1 is 1.28 bits per heavy atom. The van der Waals surface area contributed by atoms with Gasteiger partial charge in [-0.15, -0.1) is 0 Å². The van der Waals surface area contributed by atoms with Gasteiger partial charge in [-0.1, -0.05) is 25.0 Å². The van der Waals surface area contributed by atoms with E-state index in [0.29, 0.717) is 23.4 Å². The minimum absolute atomic E-state index is 0.0251. The van der Waals surface area contributed by atoms with Crippen LogP contribution in [0.5, 0.6) is 0 Å². The van der Waals surface area contributed by atoms with Crippen LogP contribution >= 0.6 is 0 Å². The predicted octanol–water partition coefficient (Wildman–Crippen LogP) is 1.84. The van der Waals surface area contributed by atoms with Crippen molar-refractivity contribution in [1.82, 2.24) is 14.9 Å². The number of hydrogen-bond donors (Lipinski definition) is 2. The van der Waals surface area contributed by atoms with Crippen molar-refractivity contribution in [3.05, 3.63) is 40.9 Å².